The highest BCUT2D eigenvalue weighted by atomic mass is 32.2. The van der Waals surface area contributed by atoms with E-state index in [1.54, 1.807) is 36.2 Å². The van der Waals surface area contributed by atoms with Crippen LogP contribution in [-0.2, 0) is 27.5 Å². The topological polar surface area (TPSA) is 96.9 Å². The van der Waals surface area contributed by atoms with Gasteiger partial charge in [-0.2, -0.15) is 17.5 Å². The Hall–Kier alpha value is -3.77. The number of piperidine rings is 1. The molecule has 4 rings (SSSR count). The van der Waals surface area contributed by atoms with Crippen molar-refractivity contribution in [2.45, 2.75) is 50.3 Å². The number of rotatable bonds is 7. The van der Waals surface area contributed by atoms with E-state index in [1.165, 1.54) is 23.5 Å². The number of carbonyl (C=O) groups excluding carboxylic acids is 2. The van der Waals surface area contributed by atoms with Gasteiger partial charge in [-0.1, -0.05) is 12.1 Å². The number of esters is 1. The highest BCUT2D eigenvalue weighted by Gasteiger charge is 2.37. The molecule has 2 aromatic carbocycles. The Balaban J connectivity index is 1.69. The number of aromatic nitrogens is 1. The predicted octanol–water partition coefficient (Wildman–Crippen LogP) is 5.00. The van der Waals surface area contributed by atoms with E-state index >= 15 is 0 Å². The number of aryl methyl sites for hydroxylation is 2. The first-order valence-corrected chi connectivity index (χ1v) is 14.3. The van der Waals surface area contributed by atoms with E-state index in [-0.39, 0.29) is 29.5 Å². The zero-order chi connectivity index (χ0) is 29.9. The molecule has 41 heavy (non-hydrogen) atoms. The average molecular weight is 590 g/mol. The van der Waals surface area contributed by atoms with Crippen molar-refractivity contribution in [1.82, 2.24) is 14.2 Å². The highest BCUT2D eigenvalue weighted by Crippen LogP contribution is 2.32. The quantitative estimate of drug-likeness (QED) is 0.360. The molecule has 0 bridgehead atoms. The number of amides is 1. The number of hydrogen-bond acceptors (Lipinski definition) is 6. The van der Waals surface area contributed by atoms with E-state index in [1.807, 2.05) is 6.92 Å². The van der Waals surface area contributed by atoms with Crippen LogP contribution < -0.4 is 0 Å². The number of carbonyl (C=O) groups is 2. The molecule has 0 aliphatic carbocycles. The molecule has 0 N–H and O–H groups in total. The Morgan fingerprint density at radius 3 is 2.29 bits per heavy atom. The van der Waals surface area contributed by atoms with Crippen molar-refractivity contribution in [1.29, 1.82) is 0 Å². The van der Waals surface area contributed by atoms with Crippen LogP contribution in [0.1, 0.15) is 55.9 Å². The molecule has 1 aliphatic heterocycles. The van der Waals surface area contributed by atoms with Crippen LogP contribution in [0.15, 0.2) is 65.7 Å². The molecule has 8 nitrogen and oxygen atoms in total. The summed E-state index contributed by atoms with van der Waals surface area (Å²) in [6.45, 7) is 3.93. The van der Waals surface area contributed by atoms with E-state index in [2.05, 4.69) is 4.98 Å². The molecule has 1 amide bonds. The maximum atomic E-state index is 13.9. The third-order valence-corrected chi connectivity index (χ3v) is 9.07. The van der Waals surface area contributed by atoms with Crippen LogP contribution in [0.4, 0.5) is 13.2 Å². The number of benzene rings is 2. The van der Waals surface area contributed by atoms with E-state index in [0.717, 1.165) is 29.8 Å². The first-order chi connectivity index (χ1) is 19.3. The number of sulfonamides is 1. The summed E-state index contributed by atoms with van der Waals surface area (Å²) in [5.41, 5.74) is 1.66. The average Bonchev–Trinajstić information content (AvgIpc) is 2.95. The third kappa shape index (κ3) is 6.59. The number of methoxy groups -OCH3 is 1. The lowest BCUT2D eigenvalue weighted by Crippen LogP contribution is -2.51. The standard InChI is InChI=1S/C29H30F3N3O5S/c1-19-14-15-33-20(2)26(19)27(36)34-16-4-5-24(18-34)35(17-21-6-8-22(9-7-21)28(37)40-3)41(38,39)25-12-10-23(11-13-25)29(30,31)32/h6-15,24H,4-5,16-18H2,1-3H3. The molecule has 1 fully saturated rings. The van der Waals surface area contributed by atoms with Crippen LogP contribution >= 0.6 is 0 Å². The summed E-state index contributed by atoms with van der Waals surface area (Å²) in [6.07, 6.45) is -2.04. The van der Waals surface area contributed by atoms with Crippen molar-refractivity contribution in [3.05, 3.63) is 94.3 Å². The van der Waals surface area contributed by atoms with Gasteiger partial charge < -0.3 is 9.64 Å². The second-order valence-electron chi connectivity index (χ2n) is 9.90. The van der Waals surface area contributed by atoms with Crippen LogP contribution in [-0.4, -0.2) is 60.7 Å². The molecule has 1 unspecified atom stereocenters. The van der Waals surface area contributed by atoms with Gasteiger partial charge in [0.2, 0.25) is 10.0 Å². The van der Waals surface area contributed by atoms with Gasteiger partial charge >= 0.3 is 12.1 Å². The van der Waals surface area contributed by atoms with E-state index in [4.69, 9.17) is 4.74 Å². The number of likely N-dealkylation sites (tertiary alicyclic amines) is 1. The number of ether oxygens (including phenoxy) is 1. The van der Waals surface area contributed by atoms with Crippen molar-refractivity contribution < 1.29 is 35.9 Å². The lowest BCUT2D eigenvalue weighted by molar-refractivity contribution is -0.137. The minimum absolute atomic E-state index is 0.0900. The van der Waals surface area contributed by atoms with E-state index in [9.17, 15) is 31.2 Å². The fourth-order valence-corrected chi connectivity index (χ4v) is 6.59. The van der Waals surface area contributed by atoms with Crippen LogP contribution in [0.5, 0.6) is 0 Å². The first-order valence-electron chi connectivity index (χ1n) is 12.9. The number of hydrogen-bond donors (Lipinski definition) is 0. The third-order valence-electron chi connectivity index (χ3n) is 7.16. The first kappa shape index (κ1) is 30.2. The maximum absolute atomic E-state index is 13.9. The van der Waals surface area contributed by atoms with Gasteiger partial charge in [0.25, 0.3) is 5.91 Å². The summed E-state index contributed by atoms with van der Waals surface area (Å²) in [6, 6.07) is 10.6. The van der Waals surface area contributed by atoms with Crippen LogP contribution in [0.2, 0.25) is 0 Å². The van der Waals surface area contributed by atoms with E-state index < -0.39 is 33.8 Å². The summed E-state index contributed by atoms with van der Waals surface area (Å²) >= 11 is 0. The summed E-state index contributed by atoms with van der Waals surface area (Å²) in [4.78, 5) is 30.9. The lowest BCUT2D eigenvalue weighted by Gasteiger charge is -2.39. The normalized spacial score (nSPS) is 16.1. The van der Waals surface area contributed by atoms with E-state index in [0.29, 0.717) is 36.2 Å². The largest absolute Gasteiger partial charge is 0.465 e. The SMILES string of the molecule is COC(=O)c1ccc(CN(C2CCCN(C(=O)c3c(C)ccnc3C)C2)S(=O)(=O)c2ccc(C(F)(F)F)cc2)cc1. The molecule has 0 spiro atoms. The molecule has 1 saturated heterocycles. The van der Waals surface area contributed by atoms with Gasteiger partial charge in [0.15, 0.2) is 0 Å². The van der Waals surface area contributed by atoms with Gasteiger partial charge in [0.1, 0.15) is 0 Å². The fraction of sp³-hybridized carbons (Fsp3) is 0.345. The van der Waals surface area contributed by atoms with Gasteiger partial charge in [0, 0.05) is 31.9 Å². The minimum atomic E-state index is -4.61. The van der Waals surface area contributed by atoms with Crippen molar-refractivity contribution in [2.75, 3.05) is 20.2 Å². The van der Waals surface area contributed by atoms with Gasteiger partial charge in [-0.3, -0.25) is 9.78 Å². The molecule has 1 aliphatic rings. The Labute approximate surface area is 236 Å². The molecular formula is C29H30F3N3O5S. The van der Waals surface area contributed by atoms with Gasteiger partial charge in [-0.15, -0.1) is 0 Å². The molecule has 2 heterocycles. The summed E-state index contributed by atoms with van der Waals surface area (Å²) in [5, 5.41) is 0. The summed E-state index contributed by atoms with van der Waals surface area (Å²) < 4.78 is 73.3. The number of nitrogens with zero attached hydrogens (tertiary/aromatic N) is 3. The maximum Gasteiger partial charge on any atom is 0.416 e. The molecule has 0 radical (unpaired) electrons. The molecule has 218 valence electrons. The van der Waals surface area contributed by atoms with Crippen LogP contribution in [0.3, 0.4) is 0 Å². The van der Waals surface area contributed by atoms with Gasteiger partial charge in [-0.05, 0) is 80.3 Å². The molecule has 0 saturated carbocycles. The molecule has 3 aromatic rings. The Kier molecular flexibility index (Phi) is 8.83. The minimum Gasteiger partial charge on any atom is -0.465 e. The summed E-state index contributed by atoms with van der Waals surface area (Å²) in [5.74, 6) is -0.805. The second kappa shape index (κ2) is 12.0. The van der Waals surface area contributed by atoms with Crippen molar-refractivity contribution in [2.24, 2.45) is 0 Å². The van der Waals surface area contributed by atoms with Gasteiger partial charge in [0.05, 0.1) is 34.4 Å². The Bertz CT molecular complexity index is 1500. The molecule has 12 heteroatoms. The smallest absolute Gasteiger partial charge is 0.416 e. The monoisotopic (exact) mass is 589 g/mol. The zero-order valence-corrected chi connectivity index (χ0v) is 23.6. The van der Waals surface area contributed by atoms with Crippen LogP contribution in [0, 0.1) is 13.8 Å². The molecular weight excluding hydrogens is 559 g/mol. The van der Waals surface area contributed by atoms with Crippen molar-refractivity contribution >= 4 is 21.9 Å². The number of alkyl halides is 3. The second-order valence-corrected chi connectivity index (χ2v) is 11.8. The molecule has 1 aromatic heterocycles. The fourth-order valence-electron chi connectivity index (χ4n) is 4.96. The van der Waals surface area contributed by atoms with Crippen molar-refractivity contribution in [3.63, 3.8) is 0 Å². The van der Waals surface area contributed by atoms with Crippen LogP contribution in [0.25, 0.3) is 0 Å². The summed E-state index contributed by atoms with van der Waals surface area (Å²) in [7, 11) is -3.05. The Morgan fingerprint density at radius 1 is 1.05 bits per heavy atom. The lowest BCUT2D eigenvalue weighted by atomic mass is 10.0. The van der Waals surface area contributed by atoms with Crippen molar-refractivity contribution in [3.8, 4) is 0 Å². The molecule has 1 atom stereocenters. The number of pyridine rings is 1. The van der Waals surface area contributed by atoms with Gasteiger partial charge in [-0.25, -0.2) is 13.2 Å². The highest BCUT2D eigenvalue weighted by molar-refractivity contribution is 7.89. The zero-order valence-electron chi connectivity index (χ0n) is 22.8. The predicted molar refractivity (Wildman–Crippen MR) is 145 cm³/mol. The number of halogens is 3. The Morgan fingerprint density at radius 2 is 1.71 bits per heavy atom.